The lowest BCUT2D eigenvalue weighted by Gasteiger charge is -2.25. The number of aliphatic hydroxyl groups is 1. The molecule has 0 radical (unpaired) electrons. The maximum Gasteiger partial charge on any atom is 0.472 e. The second-order valence-electron chi connectivity index (χ2n) is 22.4. The molecule has 432 valence electrons. The number of aliphatic hydroxyl groups excluding tert-OH is 1. The van der Waals surface area contributed by atoms with E-state index in [1.54, 1.807) is 6.08 Å². The fraction of sp³-hybridized carbons (Fsp3) is 0.800. The first-order valence-electron chi connectivity index (χ1n) is 31.3. The molecule has 0 bridgehead atoms. The highest BCUT2D eigenvalue weighted by molar-refractivity contribution is 7.47. The van der Waals surface area contributed by atoms with E-state index in [0.717, 1.165) is 64.2 Å². The molecule has 0 saturated heterocycles. The van der Waals surface area contributed by atoms with Crippen molar-refractivity contribution in [2.45, 2.75) is 296 Å². The van der Waals surface area contributed by atoms with E-state index in [1.165, 1.54) is 199 Å². The molecular weight excluding hydrogens is 936 g/mol. The summed E-state index contributed by atoms with van der Waals surface area (Å²) in [7, 11) is 1.55. The molecule has 0 spiro atoms. The first-order chi connectivity index (χ1) is 36.0. The zero-order valence-electron chi connectivity index (χ0n) is 49.3. The number of hydrogen-bond acceptors (Lipinski definition) is 5. The van der Waals surface area contributed by atoms with Crippen molar-refractivity contribution in [1.82, 2.24) is 5.32 Å². The van der Waals surface area contributed by atoms with Crippen molar-refractivity contribution in [3.63, 3.8) is 0 Å². The average molecular weight is 1060 g/mol. The molecular formula is C65H122N2O6P+. The van der Waals surface area contributed by atoms with Crippen LogP contribution in [0.15, 0.2) is 72.9 Å². The molecule has 3 N–H and O–H groups in total. The minimum Gasteiger partial charge on any atom is -0.387 e. The summed E-state index contributed by atoms with van der Waals surface area (Å²) in [5.74, 6) is -0.189. The van der Waals surface area contributed by atoms with Crippen molar-refractivity contribution in [2.24, 2.45) is 0 Å². The van der Waals surface area contributed by atoms with Crippen molar-refractivity contribution in [2.75, 3.05) is 40.9 Å². The summed E-state index contributed by atoms with van der Waals surface area (Å²) in [4.78, 5) is 23.4. The molecule has 3 atom stereocenters. The topological polar surface area (TPSA) is 105 Å². The number of carbonyl (C=O) groups is 1. The Morgan fingerprint density at radius 1 is 0.473 bits per heavy atom. The molecule has 0 fully saturated rings. The van der Waals surface area contributed by atoms with Crippen LogP contribution in [-0.4, -0.2) is 73.4 Å². The maximum atomic E-state index is 13.0. The molecule has 0 aromatic carbocycles. The SMILES string of the molecule is CC/C=C\C/C=C\C/C=C\C/C=C\CCCCCCCCCCCCCCC(=O)NC(COP(=O)(O)OCC[N+](C)(C)C)C(O)/C=C/CC/C=C/CCCCCCCCCCCCCCCCCCCCCCC. The van der Waals surface area contributed by atoms with Crippen LogP contribution >= 0.6 is 7.82 Å². The minimum atomic E-state index is -4.36. The number of nitrogens with zero attached hydrogens (tertiary/aromatic N) is 1. The number of amides is 1. The normalized spacial score (nSPS) is 14.3. The Balaban J connectivity index is 4.20. The van der Waals surface area contributed by atoms with Gasteiger partial charge in [-0.05, 0) is 70.6 Å². The molecule has 1 amide bonds. The van der Waals surface area contributed by atoms with Gasteiger partial charge in [0.25, 0.3) is 0 Å². The molecule has 8 nitrogen and oxygen atoms in total. The van der Waals surface area contributed by atoms with Gasteiger partial charge in [0, 0.05) is 6.42 Å². The molecule has 0 heterocycles. The van der Waals surface area contributed by atoms with Gasteiger partial charge in [-0.3, -0.25) is 13.8 Å². The number of hydrogen-bond donors (Lipinski definition) is 3. The largest absolute Gasteiger partial charge is 0.472 e. The molecule has 0 aliphatic heterocycles. The number of likely N-dealkylation sites (N-methyl/N-ethyl adjacent to an activating group) is 1. The number of phosphoric acid groups is 1. The Morgan fingerprint density at radius 2 is 0.824 bits per heavy atom. The number of nitrogens with one attached hydrogen (secondary N) is 1. The number of carbonyl (C=O) groups excluding carboxylic acids is 1. The monoisotopic (exact) mass is 1060 g/mol. The molecule has 74 heavy (non-hydrogen) atoms. The van der Waals surface area contributed by atoms with Crippen LogP contribution in [0.4, 0.5) is 0 Å². The van der Waals surface area contributed by atoms with Crippen molar-refractivity contribution in [3.8, 4) is 0 Å². The quantitative estimate of drug-likeness (QED) is 0.0243. The average Bonchev–Trinajstić information content (AvgIpc) is 3.36. The standard InChI is InChI=1S/C65H121N2O6P/c1-6-8-10-12-14-16-18-20-22-24-26-28-30-32-33-35-36-38-40-42-44-46-48-50-52-54-56-58-64(68)63(62-73-74(70,71)72-61-60-67(3,4)5)66-65(69)59-57-55-53-51-49-47-45-43-41-39-37-34-31-29-27-25-23-21-19-17-15-13-11-9-7-2/h9,11,15,17,21,23,27,29,48,50,56,58,63-64,68H,6-8,10,12-14,16,18-20,22,24-26,28,30-47,49,51-55,57,59-62H2,1-5H3,(H-,66,69,70,71)/p+1/b11-9-,17-15-,23-21-,29-27-,50-48+,58-56+. The summed E-state index contributed by atoms with van der Waals surface area (Å²) in [5, 5.41) is 14.0. The van der Waals surface area contributed by atoms with Crippen LogP contribution in [0.5, 0.6) is 0 Å². The second kappa shape index (κ2) is 55.7. The number of quaternary nitrogens is 1. The molecule has 0 saturated carbocycles. The summed E-state index contributed by atoms with van der Waals surface area (Å²) >= 11 is 0. The highest BCUT2D eigenvalue weighted by atomic mass is 31.2. The highest BCUT2D eigenvalue weighted by Crippen LogP contribution is 2.43. The van der Waals surface area contributed by atoms with Crippen LogP contribution in [0.25, 0.3) is 0 Å². The predicted molar refractivity (Wildman–Crippen MR) is 323 cm³/mol. The zero-order chi connectivity index (χ0) is 54.2. The summed E-state index contributed by atoms with van der Waals surface area (Å²) in [6.45, 7) is 4.71. The van der Waals surface area contributed by atoms with Crippen molar-refractivity contribution in [1.29, 1.82) is 0 Å². The molecule has 9 heteroatoms. The van der Waals surface area contributed by atoms with Gasteiger partial charge in [-0.1, -0.05) is 279 Å². The van der Waals surface area contributed by atoms with E-state index in [0.29, 0.717) is 17.4 Å². The van der Waals surface area contributed by atoms with Crippen LogP contribution in [0, 0.1) is 0 Å². The van der Waals surface area contributed by atoms with Gasteiger partial charge in [0.05, 0.1) is 39.9 Å². The summed E-state index contributed by atoms with van der Waals surface area (Å²) < 4.78 is 23.7. The molecule has 0 aromatic rings. The van der Waals surface area contributed by atoms with Gasteiger partial charge in [-0.25, -0.2) is 4.57 Å². The summed E-state index contributed by atoms with van der Waals surface area (Å²) in [6.07, 6.45) is 77.4. The lowest BCUT2D eigenvalue weighted by Crippen LogP contribution is -2.45. The van der Waals surface area contributed by atoms with Gasteiger partial charge in [0.1, 0.15) is 13.2 Å². The van der Waals surface area contributed by atoms with E-state index < -0.39 is 20.0 Å². The van der Waals surface area contributed by atoms with Gasteiger partial charge >= 0.3 is 7.82 Å². The van der Waals surface area contributed by atoms with E-state index in [9.17, 15) is 19.4 Å². The Hall–Kier alpha value is -2.06. The number of allylic oxidation sites excluding steroid dienone is 11. The van der Waals surface area contributed by atoms with Crippen molar-refractivity contribution >= 4 is 13.7 Å². The second-order valence-corrected chi connectivity index (χ2v) is 23.8. The van der Waals surface area contributed by atoms with Gasteiger partial charge in [-0.15, -0.1) is 0 Å². The third kappa shape index (κ3) is 57.6. The van der Waals surface area contributed by atoms with Crippen LogP contribution < -0.4 is 5.32 Å². The number of rotatable bonds is 57. The number of phosphoric ester groups is 1. The van der Waals surface area contributed by atoms with Gasteiger partial charge in [0.2, 0.25) is 5.91 Å². The van der Waals surface area contributed by atoms with Gasteiger partial charge in [0.15, 0.2) is 0 Å². The minimum absolute atomic E-state index is 0.0537. The van der Waals surface area contributed by atoms with Crippen LogP contribution in [-0.2, 0) is 18.4 Å². The Bertz CT molecular complexity index is 1430. The highest BCUT2D eigenvalue weighted by Gasteiger charge is 2.27. The smallest absolute Gasteiger partial charge is 0.387 e. The zero-order valence-corrected chi connectivity index (χ0v) is 50.2. The maximum absolute atomic E-state index is 13.0. The van der Waals surface area contributed by atoms with Crippen molar-refractivity contribution in [3.05, 3.63) is 72.9 Å². The molecule has 3 unspecified atom stereocenters. The van der Waals surface area contributed by atoms with E-state index >= 15 is 0 Å². The number of unbranched alkanes of at least 4 members (excludes halogenated alkanes) is 34. The van der Waals surface area contributed by atoms with Crippen molar-refractivity contribution < 1.29 is 32.9 Å². The molecule has 0 aliphatic rings. The third-order valence-electron chi connectivity index (χ3n) is 13.9. The lowest BCUT2D eigenvalue weighted by molar-refractivity contribution is -0.870. The molecule has 0 aliphatic carbocycles. The predicted octanol–water partition coefficient (Wildman–Crippen LogP) is 19.4. The van der Waals surface area contributed by atoms with Crippen LogP contribution in [0.3, 0.4) is 0 Å². The Morgan fingerprint density at radius 3 is 1.24 bits per heavy atom. The van der Waals surface area contributed by atoms with E-state index in [-0.39, 0.29) is 19.1 Å². The summed E-state index contributed by atoms with van der Waals surface area (Å²) in [6, 6.07) is -0.869. The molecule has 0 rings (SSSR count). The molecule has 0 aromatic heterocycles. The van der Waals surface area contributed by atoms with Gasteiger partial charge in [-0.2, -0.15) is 0 Å². The first kappa shape index (κ1) is 71.9. The fourth-order valence-electron chi connectivity index (χ4n) is 9.05. The first-order valence-corrected chi connectivity index (χ1v) is 32.8. The lowest BCUT2D eigenvalue weighted by atomic mass is 10.0. The van der Waals surface area contributed by atoms with E-state index in [2.05, 4.69) is 79.9 Å². The fourth-order valence-corrected chi connectivity index (χ4v) is 9.79. The van der Waals surface area contributed by atoms with Gasteiger partial charge < -0.3 is 19.8 Å². The van der Waals surface area contributed by atoms with E-state index in [1.807, 2.05) is 27.2 Å². The Kier molecular flexibility index (Phi) is 54.1. The summed E-state index contributed by atoms with van der Waals surface area (Å²) in [5.41, 5.74) is 0. The Labute approximate surface area is 459 Å². The van der Waals surface area contributed by atoms with Crippen LogP contribution in [0.1, 0.15) is 284 Å². The van der Waals surface area contributed by atoms with E-state index in [4.69, 9.17) is 9.05 Å². The van der Waals surface area contributed by atoms with Crippen LogP contribution in [0.2, 0.25) is 0 Å². The third-order valence-corrected chi connectivity index (χ3v) is 14.9.